The second kappa shape index (κ2) is 5.70. The molecule has 0 aromatic rings. The maximum atomic E-state index is 5.23. The Balaban J connectivity index is 4.22. The molecular formula is C6H13N7. The van der Waals surface area contributed by atoms with Gasteiger partial charge in [0.1, 0.15) is 5.84 Å². The van der Waals surface area contributed by atoms with Crippen LogP contribution in [0.4, 0.5) is 0 Å². The SMILES string of the molecule is CC(N)=N/N=C/C(C)=N/N=C(N)N. The molecule has 0 aromatic heterocycles. The topological polar surface area (TPSA) is 127 Å². The summed E-state index contributed by atoms with van der Waals surface area (Å²) in [5.74, 6) is 0.261. The summed E-state index contributed by atoms with van der Waals surface area (Å²) in [5, 5.41) is 14.2. The van der Waals surface area contributed by atoms with E-state index < -0.39 is 0 Å². The minimum Gasteiger partial charge on any atom is -0.386 e. The molecule has 0 saturated carbocycles. The van der Waals surface area contributed by atoms with Crippen molar-refractivity contribution in [2.75, 3.05) is 0 Å². The van der Waals surface area contributed by atoms with E-state index in [1.165, 1.54) is 6.21 Å². The van der Waals surface area contributed by atoms with Crippen molar-refractivity contribution >= 4 is 23.7 Å². The second-order valence-corrected chi connectivity index (χ2v) is 2.25. The normalized spacial score (nSPS) is 13.4. The van der Waals surface area contributed by atoms with Crippen LogP contribution in [0.2, 0.25) is 0 Å². The lowest BCUT2D eigenvalue weighted by Gasteiger charge is -1.86. The van der Waals surface area contributed by atoms with Gasteiger partial charge in [-0.1, -0.05) is 0 Å². The van der Waals surface area contributed by atoms with E-state index in [9.17, 15) is 0 Å². The van der Waals surface area contributed by atoms with Gasteiger partial charge in [0.15, 0.2) is 0 Å². The van der Waals surface area contributed by atoms with E-state index in [1.54, 1.807) is 13.8 Å². The summed E-state index contributed by atoms with van der Waals surface area (Å²) >= 11 is 0. The van der Waals surface area contributed by atoms with Gasteiger partial charge in [0.05, 0.1) is 11.9 Å². The molecule has 0 rings (SSSR count). The molecule has 0 aliphatic rings. The third-order valence-electron chi connectivity index (χ3n) is 0.783. The van der Waals surface area contributed by atoms with Gasteiger partial charge in [-0.2, -0.15) is 10.2 Å². The number of rotatable bonds is 3. The fourth-order valence-electron chi connectivity index (χ4n) is 0.366. The minimum absolute atomic E-state index is 0.105. The van der Waals surface area contributed by atoms with Crippen molar-refractivity contribution in [2.24, 2.45) is 37.6 Å². The maximum Gasteiger partial charge on any atom is 0.211 e. The van der Waals surface area contributed by atoms with E-state index in [1.807, 2.05) is 0 Å². The quantitative estimate of drug-likeness (QED) is 0.295. The molecule has 0 heterocycles. The van der Waals surface area contributed by atoms with E-state index in [4.69, 9.17) is 17.2 Å². The smallest absolute Gasteiger partial charge is 0.211 e. The van der Waals surface area contributed by atoms with Crippen LogP contribution in [0.15, 0.2) is 20.4 Å². The molecule has 0 bridgehead atoms. The van der Waals surface area contributed by atoms with E-state index in [0.29, 0.717) is 11.5 Å². The maximum absolute atomic E-state index is 5.23. The fraction of sp³-hybridized carbons (Fsp3) is 0.333. The first-order valence-corrected chi connectivity index (χ1v) is 3.48. The van der Waals surface area contributed by atoms with Crippen molar-refractivity contribution in [3.05, 3.63) is 0 Å². The number of amidine groups is 1. The van der Waals surface area contributed by atoms with E-state index in [-0.39, 0.29) is 5.96 Å². The van der Waals surface area contributed by atoms with Crippen LogP contribution in [-0.4, -0.2) is 23.7 Å². The summed E-state index contributed by atoms with van der Waals surface area (Å²) in [6, 6.07) is 0. The van der Waals surface area contributed by atoms with Gasteiger partial charge >= 0.3 is 0 Å². The summed E-state index contributed by atoms with van der Waals surface area (Å²) in [4.78, 5) is 0. The van der Waals surface area contributed by atoms with Crippen molar-refractivity contribution in [3.63, 3.8) is 0 Å². The van der Waals surface area contributed by atoms with Gasteiger partial charge in [-0.25, -0.2) is 0 Å². The molecule has 0 amide bonds. The number of hydrogen-bond donors (Lipinski definition) is 3. The first kappa shape index (κ1) is 11.1. The van der Waals surface area contributed by atoms with Gasteiger partial charge in [0, 0.05) is 0 Å². The number of hydrogen-bond acceptors (Lipinski definition) is 4. The van der Waals surface area contributed by atoms with Crippen LogP contribution in [0.5, 0.6) is 0 Å². The van der Waals surface area contributed by atoms with E-state index >= 15 is 0 Å². The highest BCUT2D eigenvalue weighted by Crippen LogP contribution is 1.77. The lowest BCUT2D eigenvalue weighted by atomic mass is 10.5. The number of guanidine groups is 1. The fourth-order valence-corrected chi connectivity index (χ4v) is 0.366. The number of nitrogens with zero attached hydrogens (tertiary/aromatic N) is 4. The lowest BCUT2D eigenvalue weighted by Crippen LogP contribution is -2.22. The monoisotopic (exact) mass is 183 g/mol. The Morgan fingerprint density at radius 2 is 1.62 bits per heavy atom. The molecule has 0 radical (unpaired) electrons. The molecule has 13 heavy (non-hydrogen) atoms. The predicted octanol–water partition coefficient (Wildman–Crippen LogP) is -1.00. The van der Waals surface area contributed by atoms with Gasteiger partial charge in [-0.05, 0) is 13.8 Å². The molecule has 0 aliphatic heterocycles. The Kier molecular flexibility index (Phi) is 4.85. The molecule has 7 heteroatoms. The van der Waals surface area contributed by atoms with Crippen LogP contribution >= 0.6 is 0 Å². The van der Waals surface area contributed by atoms with Crippen LogP contribution in [0, 0.1) is 0 Å². The third kappa shape index (κ3) is 7.98. The molecule has 0 saturated heterocycles. The highest BCUT2D eigenvalue weighted by atomic mass is 15.3. The molecule has 0 aromatic carbocycles. The molecule has 72 valence electrons. The summed E-state index contributed by atoms with van der Waals surface area (Å²) in [7, 11) is 0. The van der Waals surface area contributed by atoms with E-state index in [0.717, 1.165) is 0 Å². The largest absolute Gasteiger partial charge is 0.386 e. The van der Waals surface area contributed by atoms with Crippen LogP contribution in [0.1, 0.15) is 13.8 Å². The van der Waals surface area contributed by atoms with Crippen LogP contribution < -0.4 is 17.2 Å². The molecule has 7 nitrogen and oxygen atoms in total. The average Bonchev–Trinajstić information content (AvgIpc) is 2.00. The van der Waals surface area contributed by atoms with Crippen molar-refractivity contribution in [1.82, 2.24) is 0 Å². The molecular weight excluding hydrogens is 170 g/mol. The van der Waals surface area contributed by atoms with Crippen molar-refractivity contribution in [3.8, 4) is 0 Å². The standard InChI is InChI=1S/C6H13N7/c1-4(11-13-6(8)9)3-10-12-5(2)7/h3H,1-2H3,(H2,7,12)(H4,8,9,13)/b10-3+,11-4+. The highest BCUT2D eigenvalue weighted by molar-refractivity contribution is 6.29. The molecule has 0 atom stereocenters. The number of nitrogens with two attached hydrogens (primary N) is 3. The van der Waals surface area contributed by atoms with Crippen molar-refractivity contribution in [1.29, 1.82) is 0 Å². The molecule has 6 N–H and O–H groups in total. The van der Waals surface area contributed by atoms with Gasteiger partial charge in [0.25, 0.3) is 0 Å². The summed E-state index contributed by atoms with van der Waals surface area (Å²) in [6.07, 6.45) is 1.39. The van der Waals surface area contributed by atoms with Gasteiger partial charge in [-0.3, -0.25) is 0 Å². The zero-order valence-corrected chi connectivity index (χ0v) is 7.60. The zero-order valence-electron chi connectivity index (χ0n) is 7.60. The Hall–Kier alpha value is -1.92. The summed E-state index contributed by atoms with van der Waals surface area (Å²) < 4.78 is 0. The lowest BCUT2D eigenvalue weighted by molar-refractivity contribution is 1.20. The predicted molar refractivity (Wildman–Crippen MR) is 54.7 cm³/mol. The Morgan fingerprint density at radius 3 is 2.08 bits per heavy atom. The first-order chi connectivity index (χ1) is 6.02. The molecule has 0 spiro atoms. The van der Waals surface area contributed by atoms with Crippen LogP contribution in [0.3, 0.4) is 0 Å². The summed E-state index contributed by atoms with van der Waals surface area (Å²) in [5.41, 5.74) is 15.8. The minimum atomic E-state index is -0.105. The second-order valence-electron chi connectivity index (χ2n) is 2.25. The Bertz CT molecular complexity index is 265. The third-order valence-corrected chi connectivity index (χ3v) is 0.783. The highest BCUT2D eigenvalue weighted by Gasteiger charge is 1.83. The van der Waals surface area contributed by atoms with E-state index in [2.05, 4.69) is 20.4 Å². The molecule has 0 fully saturated rings. The van der Waals surface area contributed by atoms with Crippen molar-refractivity contribution in [2.45, 2.75) is 13.8 Å². The molecule has 0 aliphatic carbocycles. The van der Waals surface area contributed by atoms with Crippen LogP contribution in [0.25, 0.3) is 0 Å². The summed E-state index contributed by atoms with van der Waals surface area (Å²) in [6.45, 7) is 3.30. The first-order valence-electron chi connectivity index (χ1n) is 3.48. The zero-order chi connectivity index (χ0) is 10.3. The average molecular weight is 183 g/mol. The van der Waals surface area contributed by atoms with Crippen molar-refractivity contribution < 1.29 is 0 Å². The van der Waals surface area contributed by atoms with Crippen LogP contribution in [-0.2, 0) is 0 Å². The van der Waals surface area contributed by atoms with Gasteiger partial charge in [-0.15, -0.1) is 10.2 Å². The van der Waals surface area contributed by atoms with Gasteiger partial charge < -0.3 is 17.2 Å². The Morgan fingerprint density at radius 1 is 1.00 bits per heavy atom. The Labute approximate surface area is 76.1 Å². The molecule has 0 unspecified atom stereocenters. The van der Waals surface area contributed by atoms with Gasteiger partial charge in [0.2, 0.25) is 5.96 Å².